The van der Waals surface area contributed by atoms with Gasteiger partial charge in [0.15, 0.2) is 0 Å². The second-order valence-electron chi connectivity index (χ2n) is 3.31. The van der Waals surface area contributed by atoms with E-state index >= 15 is 0 Å². The third-order valence-electron chi connectivity index (χ3n) is 2.17. The molecule has 1 rings (SSSR count). The van der Waals surface area contributed by atoms with Crippen molar-refractivity contribution >= 4 is 6.98 Å². The third kappa shape index (κ3) is 7.19. The molecule has 5 heteroatoms. The van der Waals surface area contributed by atoms with Crippen molar-refractivity contribution in [2.75, 3.05) is 0 Å². The van der Waals surface area contributed by atoms with Crippen LogP contribution >= 0.6 is 0 Å². The van der Waals surface area contributed by atoms with Crippen LogP contribution in [0.1, 0.15) is 32.1 Å². The molecule has 1 saturated carbocycles. The maximum atomic E-state index is 11.7. The van der Waals surface area contributed by atoms with E-state index in [1.54, 1.807) is 0 Å². The molecule has 0 N–H and O–H groups in total. The fourth-order valence-electron chi connectivity index (χ4n) is 1.55. The summed E-state index contributed by atoms with van der Waals surface area (Å²) in [5.74, 6) is 1.66. The quantitative estimate of drug-likeness (QED) is 0.582. The van der Waals surface area contributed by atoms with Crippen molar-refractivity contribution in [2.24, 2.45) is 5.92 Å². The van der Waals surface area contributed by atoms with Crippen LogP contribution in [-0.2, 0) is 0 Å². The maximum absolute atomic E-state index is 11.7. The molecular formula is C8H12BF3K. The van der Waals surface area contributed by atoms with E-state index < -0.39 is 6.98 Å². The Morgan fingerprint density at radius 2 is 1.62 bits per heavy atom. The van der Waals surface area contributed by atoms with Crippen LogP contribution in [0, 0.1) is 11.9 Å². The van der Waals surface area contributed by atoms with Gasteiger partial charge in [0, 0.05) is 0 Å². The SMILES string of the molecule is F[B-](F)(F)[C]=CC1CCCCC1.[K+]. The van der Waals surface area contributed by atoms with E-state index in [1.807, 2.05) is 0 Å². The molecule has 0 atom stereocenters. The Morgan fingerprint density at radius 1 is 1.08 bits per heavy atom. The van der Waals surface area contributed by atoms with Gasteiger partial charge < -0.3 is 12.9 Å². The van der Waals surface area contributed by atoms with Crippen LogP contribution in [-0.4, -0.2) is 6.98 Å². The largest absolute Gasteiger partial charge is 1.00 e. The minimum atomic E-state index is -4.83. The Labute approximate surface area is 120 Å². The first-order chi connectivity index (χ1) is 5.58. The Hall–Kier alpha value is 1.23. The molecule has 0 aliphatic heterocycles. The number of hydrogen-bond donors (Lipinski definition) is 0. The van der Waals surface area contributed by atoms with Gasteiger partial charge in [0.2, 0.25) is 0 Å². The van der Waals surface area contributed by atoms with Crippen molar-refractivity contribution < 1.29 is 64.3 Å². The van der Waals surface area contributed by atoms with E-state index in [0.717, 1.165) is 25.7 Å². The van der Waals surface area contributed by atoms with Gasteiger partial charge in [-0.1, -0.05) is 19.3 Å². The second kappa shape index (κ2) is 6.67. The minimum Gasteiger partial charge on any atom is -0.445 e. The first kappa shape index (κ1) is 14.2. The Balaban J connectivity index is 0.00000144. The first-order valence-electron chi connectivity index (χ1n) is 4.38. The van der Waals surface area contributed by atoms with Crippen molar-refractivity contribution in [1.29, 1.82) is 0 Å². The van der Waals surface area contributed by atoms with Crippen LogP contribution in [0.25, 0.3) is 0 Å². The molecule has 1 radical (unpaired) electrons. The molecule has 13 heavy (non-hydrogen) atoms. The van der Waals surface area contributed by atoms with Gasteiger partial charge in [-0.05, 0) is 18.8 Å². The van der Waals surface area contributed by atoms with Crippen molar-refractivity contribution in [3.8, 4) is 0 Å². The molecule has 1 aliphatic carbocycles. The summed E-state index contributed by atoms with van der Waals surface area (Å²) in [6.45, 7) is -4.83. The van der Waals surface area contributed by atoms with Crippen LogP contribution < -0.4 is 51.4 Å². The van der Waals surface area contributed by atoms with Gasteiger partial charge >= 0.3 is 58.4 Å². The van der Waals surface area contributed by atoms with Gasteiger partial charge in [-0.3, -0.25) is 0 Å². The second-order valence-corrected chi connectivity index (χ2v) is 3.31. The van der Waals surface area contributed by atoms with E-state index in [9.17, 15) is 12.9 Å². The summed E-state index contributed by atoms with van der Waals surface area (Å²) in [5, 5.41) is 0. The summed E-state index contributed by atoms with van der Waals surface area (Å²) >= 11 is 0. The molecule has 1 aliphatic rings. The fraction of sp³-hybridized carbons (Fsp3) is 0.750. The van der Waals surface area contributed by atoms with Gasteiger partial charge in [-0.25, -0.2) is 0 Å². The fourth-order valence-corrected chi connectivity index (χ4v) is 1.55. The average molecular weight is 215 g/mol. The van der Waals surface area contributed by atoms with Crippen LogP contribution in [0.5, 0.6) is 0 Å². The molecule has 0 aromatic carbocycles. The summed E-state index contributed by atoms with van der Waals surface area (Å²) in [6.07, 6.45) is 6.32. The smallest absolute Gasteiger partial charge is 0.445 e. The summed E-state index contributed by atoms with van der Waals surface area (Å²) in [5.41, 5.74) is 0. The minimum absolute atomic E-state index is 0. The average Bonchev–Trinajstić information content (AvgIpc) is 2.02. The zero-order valence-corrected chi connectivity index (χ0v) is 11.0. The van der Waals surface area contributed by atoms with Crippen molar-refractivity contribution in [2.45, 2.75) is 32.1 Å². The molecule has 0 nitrogen and oxygen atoms in total. The number of hydrogen-bond acceptors (Lipinski definition) is 0. The van der Waals surface area contributed by atoms with Crippen molar-refractivity contribution in [3.05, 3.63) is 12.1 Å². The number of allylic oxidation sites excluding steroid dienone is 1. The van der Waals surface area contributed by atoms with Gasteiger partial charge in [0.05, 0.1) is 0 Å². The maximum Gasteiger partial charge on any atom is 1.00 e. The molecule has 0 bridgehead atoms. The number of rotatable bonds is 2. The summed E-state index contributed by atoms with van der Waals surface area (Å²) in [7, 11) is 0. The Kier molecular flexibility index (Phi) is 7.30. The Bertz CT molecular complexity index is 161. The van der Waals surface area contributed by atoms with Gasteiger partial charge in [-0.2, -0.15) is 0 Å². The normalized spacial score (nSPS) is 20.2. The molecule has 0 spiro atoms. The monoisotopic (exact) mass is 215 g/mol. The molecule has 0 amide bonds. The predicted molar refractivity (Wildman–Crippen MR) is 43.5 cm³/mol. The van der Waals surface area contributed by atoms with E-state index in [0.29, 0.717) is 0 Å². The Morgan fingerprint density at radius 3 is 2.08 bits per heavy atom. The first-order valence-corrected chi connectivity index (χ1v) is 4.38. The zero-order chi connectivity index (χ0) is 9.03. The van der Waals surface area contributed by atoms with Crippen LogP contribution in [0.3, 0.4) is 0 Å². The van der Waals surface area contributed by atoms with Gasteiger partial charge in [-0.15, -0.1) is 12.1 Å². The number of halogens is 3. The van der Waals surface area contributed by atoms with Gasteiger partial charge in [0.25, 0.3) is 0 Å². The summed E-state index contributed by atoms with van der Waals surface area (Å²) < 4.78 is 35.2. The molecule has 0 heterocycles. The molecule has 0 aromatic rings. The molecule has 1 fully saturated rings. The molecular weight excluding hydrogens is 203 g/mol. The molecule has 0 unspecified atom stereocenters. The molecule has 69 valence electrons. The van der Waals surface area contributed by atoms with Crippen LogP contribution in [0.4, 0.5) is 12.9 Å². The van der Waals surface area contributed by atoms with Crippen LogP contribution in [0.15, 0.2) is 6.08 Å². The van der Waals surface area contributed by atoms with Crippen molar-refractivity contribution in [1.82, 2.24) is 0 Å². The summed E-state index contributed by atoms with van der Waals surface area (Å²) in [4.78, 5) is 0. The van der Waals surface area contributed by atoms with Gasteiger partial charge in [0.1, 0.15) is 0 Å². The molecule has 0 aromatic heterocycles. The van der Waals surface area contributed by atoms with Crippen molar-refractivity contribution in [3.63, 3.8) is 0 Å². The van der Waals surface area contributed by atoms with E-state index in [2.05, 4.69) is 0 Å². The van der Waals surface area contributed by atoms with E-state index in [-0.39, 0.29) is 57.3 Å². The standard InChI is InChI=1S/C8H12BF3.K/c10-9(11,12)7-6-8-4-2-1-3-5-8;/h6,8H,1-5H2;/q-1;+1. The summed E-state index contributed by atoms with van der Waals surface area (Å²) in [6, 6.07) is 0. The topological polar surface area (TPSA) is 0 Å². The molecule has 0 saturated heterocycles. The van der Waals surface area contributed by atoms with E-state index in [4.69, 9.17) is 0 Å². The van der Waals surface area contributed by atoms with E-state index in [1.165, 1.54) is 18.5 Å². The predicted octanol–water partition coefficient (Wildman–Crippen LogP) is 0.317. The van der Waals surface area contributed by atoms with Crippen LogP contribution in [0.2, 0.25) is 0 Å². The third-order valence-corrected chi connectivity index (χ3v) is 2.17. The zero-order valence-electron chi connectivity index (χ0n) is 7.90.